The second-order valence-electron chi connectivity index (χ2n) is 2.06. The molecule has 0 radical (unpaired) electrons. The van der Waals surface area contributed by atoms with E-state index in [1.807, 2.05) is 0 Å². The van der Waals surface area contributed by atoms with Crippen LogP contribution in [0.2, 0.25) is 0 Å². The lowest BCUT2D eigenvalue weighted by Crippen LogP contribution is -2.23. The first-order valence-corrected chi connectivity index (χ1v) is 3.42. The van der Waals surface area contributed by atoms with Crippen molar-refractivity contribution in [2.75, 3.05) is 6.61 Å². The second kappa shape index (κ2) is 4.84. The highest BCUT2D eigenvalue weighted by Gasteiger charge is 2.37. The first kappa shape index (κ1) is 11.9. The van der Waals surface area contributed by atoms with Gasteiger partial charge in [-0.2, -0.15) is 8.78 Å². The molecule has 0 atom stereocenters. The number of carbonyl (C=O) groups excluding carboxylic acids is 1. The van der Waals surface area contributed by atoms with E-state index in [1.165, 1.54) is 6.92 Å². The van der Waals surface area contributed by atoms with Gasteiger partial charge in [0.15, 0.2) is 0 Å². The van der Waals surface area contributed by atoms with E-state index in [2.05, 4.69) is 4.74 Å². The lowest BCUT2D eigenvalue weighted by molar-refractivity contribution is -0.137. The van der Waals surface area contributed by atoms with Gasteiger partial charge >= 0.3 is 18.3 Å². The molecule has 0 aromatic carbocycles. The summed E-state index contributed by atoms with van der Waals surface area (Å²) in [4.78, 5) is 10.4. The van der Waals surface area contributed by atoms with Crippen LogP contribution in [0.4, 0.5) is 17.6 Å². The Kier molecular flexibility index (Phi) is 4.44. The number of halogens is 4. The van der Waals surface area contributed by atoms with Crippen LogP contribution in [0.5, 0.6) is 0 Å². The Morgan fingerprint density at radius 2 is 2.08 bits per heavy atom. The van der Waals surface area contributed by atoms with Crippen molar-refractivity contribution in [2.45, 2.75) is 19.3 Å². The molecule has 0 amide bonds. The number of ether oxygens (including phenoxy) is 1. The van der Waals surface area contributed by atoms with Gasteiger partial charge in [0.2, 0.25) is 0 Å². The third kappa shape index (κ3) is 4.49. The van der Waals surface area contributed by atoms with E-state index >= 15 is 0 Å². The minimum Gasteiger partial charge on any atom is -0.463 e. The van der Waals surface area contributed by atoms with Crippen LogP contribution < -0.4 is 0 Å². The summed E-state index contributed by atoms with van der Waals surface area (Å²) in [6.07, 6.45) is -3.70. The highest BCUT2D eigenvalue weighted by Crippen LogP contribution is 2.23. The van der Waals surface area contributed by atoms with Crippen molar-refractivity contribution in [3.63, 3.8) is 0 Å². The van der Waals surface area contributed by atoms with Crippen molar-refractivity contribution < 1.29 is 27.1 Å². The molecule has 6 heteroatoms. The van der Waals surface area contributed by atoms with E-state index in [-0.39, 0.29) is 18.8 Å². The third-order valence-electron chi connectivity index (χ3n) is 1.02. The molecule has 0 rings (SSSR count). The van der Waals surface area contributed by atoms with E-state index in [0.29, 0.717) is 0 Å². The Labute approximate surface area is 72.2 Å². The molecule has 0 aromatic heterocycles. The van der Waals surface area contributed by atoms with Crippen LogP contribution in [0, 0.1) is 0 Å². The van der Waals surface area contributed by atoms with Crippen LogP contribution in [-0.4, -0.2) is 24.9 Å². The number of allylic oxidation sites excluding steroid dienone is 1. The second-order valence-corrected chi connectivity index (χ2v) is 2.06. The lowest BCUT2D eigenvalue weighted by atomic mass is 10.3. The summed E-state index contributed by atoms with van der Waals surface area (Å²) in [6.45, 7) is 1.47. The van der Waals surface area contributed by atoms with Gasteiger partial charge < -0.3 is 4.74 Å². The maximum absolute atomic E-state index is 12.1. The fourth-order valence-corrected chi connectivity index (χ4v) is 0.442. The third-order valence-corrected chi connectivity index (χ3v) is 1.02. The molecule has 2 nitrogen and oxygen atoms in total. The summed E-state index contributed by atoms with van der Waals surface area (Å²) in [5.41, 5.74) is 0. The largest absolute Gasteiger partial charge is 0.463 e. The lowest BCUT2D eigenvalue weighted by Gasteiger charge is -2.08. The monoisotopic (exact) mass is 200 g/mol. The minimum atomic E-state index is -4.28. The summed E-state index contributed by atoms with van der Waals surface area (Å²) in [7, 11) is 0. The standard InChI is InChI=1S/C7H8F4O2/c1-2-13-5(12)3-4-7(10,11)6(8)9/h3-4,6H,2H2,1H3. The highest BCUT2D eigenvalue weighted by atomic mass is 19.3. The molecule has 0 heterocycles. The molecular weight excluding hydrogens is 192 g/mol. The summed E-state index contributed by atoms with van der Waals surface area (Å²) in [5, 5.41) is 0. The Morgan fingerprint density at radius 1 is 1.54 bits per heavy atom. The van der Waals surface area contributed by atoms with Gasteiger partial charge in [0.25, 0.3) is 0 Å². The van der Waals surface area contributed by atoms with E-state index in [9.17, 15) is 22.4 Å². The van der Waals surface area contributed by atoms with Crippen molar-refractivity contribution in [1.82, 2.24) is 0 Å². The smallest absolute Gasteiger partial charge is 0.330 e. The highest BCUT2D eigenvalue weighted by molar-refractivity contribution is 5.82. The van der Waals surface area contributed by atoms with Gasteiger partial charge in [-0.1, -0.05) is 0 Å². The van der Waals surface area contributed by atoms with Gasteiger partial charge in [0.1, 0.15) is 0 Å². The predicted molar refractivity (Wildman–Crippen MR) is 36.7 cm³/mol. The maximum atomic E-state index is 12.1. The van der Waals surface area contributed by atoms with Gasteiger partial charge in [-0.05, 0) is 13.0 Å². The van der Waals surface area contributed by atoms with Gasteiger partial charge in [-0.3, -0.25) is 0 Å². The fraction of sp³-hybridized carbons (Fsp3) is 0.571. The zero-order chi connectivity index (χ0) is 10.5. The number of hydrogen-bond donors (Lipinski definition) is 0. The van der Waals surface area contributed by atoms with Crippen LogP contribution in [0.25, 0.3) is 0 Å². The number of rotatable bonds is 4. The molecule has 0 aliphatic heterocycles. The zero-order valence-electron chi connectivity index (χ0n) is 6.77. The predicted octanol–water partition coefficient (Wildman–Crippen LogP) is 2.01. The molecule has 0 N–H and O–H groups in total. The van der Waals surface area contributed by atoms with Crippen LogP contribution in [-0.2, 0) is 9.53 Å². The first-order chi connectivity index (χ1) is 5.90. The molecule has 0 aliphatic carbocycles. The molecule has 0 fully saturated rings. The Bertz CT molecular complexity index is 201. The number of hydrogen-bond acceptors (Lipinski definition) is 2. The molecule has 0 aliphatic rings. The van der Waals surface area contributed by atoms with E-state index < -0.39 is 18.3 Å². The summed E-state index contributed by atoms with van der Waals surface area (Å²) < 4.78 is 51.4. The van der Waals surface area contributed by atoms with Crippen molar-refractivity contribution in [1.29, 1.82) is 0 Å². The molecule has 0 saturated carbocycles. The topological polar surface area (TPSA) is 26.3 Å². The van der Waals surface area contributed by atoms with Crippen molar-refractivity contribution in [2.24, 2.45) is 0 Å². The van der Waals surface area contributed by atoms with E-state index in [4.69, 9.17) is 0 Å². The molecule has 76 valence electrons. The van der Waals surface area contributed by atoms with Crippen molar-refractivity contribution in [3.05, 3.63) is 12.2 Å². The van der Waals surface area contributed by atoms with Crippen molar-refractivity contribution in [3.8, 4) is 0 Å². The summed E-state index contributed by atoms with van der Waals surface area (Å²) in [5.74, 6) is -5.35. The number of alkyl halides is 4. The molecule has 0 spiro atoms. The van der Waals surface area contributed by atoms with Crippen LogP contribution in [0.3, 0.4) is 0 Å². The van der Waals surface area contributed by atoms with Crippen LogP contribution >= 0.6 is 0 Å². The molecule has 13 heavy (non-hydrogen) atoms. The normalized spacial score (nSPS) is 12.5. The Balaban J connectivity index is 4.17. The molecular formula is C7H8F4O2. The molecule has 0 unspecified atom stereocenters. The first-order valence-electron chi connectivity index (χ1n) is 3.42. The Morgan fingerprint density at radius 3 is 2.46 bits per heavy atom. The maximum Gasteiger partial charge on any atom is 0.330 e. The van der Waals surface area contributed by atoms with Crippen LogP contribution in [0.1, 0.15) is 6.92 Å². The van der Waals surface area contributed by atoms with E-state index in [1.54, 1.807) is 0 Å². The molecule has 0 aromatic rings. The van der Waals surface area contributed by atoms with E-state index in [0.717, 1.165) is 0 Å². The van der Waals surface area contributed by atoms with Gasteiger partial charge in [-0.25, -0.2) is 13.6 Å². The number of esters is 1. The van der Waals surface area contributed by atoms with Crippen molar-refractivity contribution >= 4 is 5.97 Å². The SMILES string of the molecule is CCOC(=O)C=CC(F)(F)C(F)F. The average molecular weight is 200 g/mol. The van der Waals surface area contributed by atoms with Gasteiger partial charge in [0, 0.05) is 6.08 Å². The minimum absolute atomic E-state index is 0.00340. The van der Waals surface area contributed by atoms with Crippen LogP contribution in [0.15, 0.2) is 12.2 Å². The molecule has 0 saturated heterocycles. The van der Waals surface area contributed by atoms with Gasteiger partial charge in [-0.15, -0.1) is 0 Å². The summed E-state index contributed by atoms with van der Waals surface area (Å²) in [6, 6.07) is 0. The Hall–Kier alpha value is -1.07. The fourth-order valence-electron chi connectivity index (χ4n) is 0.442. The van der Waals surface area contributed by atoms with Gasteiger partial charge in [0.05, 0.1) is 6.61 Å². The summed E-state index contributed by atoms with van der Waals surface area (Å²) >= 11 is 0. The quantitative estimate of drug-likeness (QED) is 0.394. The average Bonchev–Trinajstić information content (AvgIpc) is 2.01. The molecule has 0 bridgehead atoms. The zero-order valence-corrected chi connectivity index (χ0v) is 6.77. The number of carbonyl (C=O) groups is 1.